The van der Waals surface area contributed by atoms with Crippen molar-refractivity contribution in [2.45, 2.75) is 6.42 Å². The summed E-state index contributed by atoms with van der Waals surface area (Å²) in [4.78, 5) is 8.66. The monoisotopic (exact) mass is 225 g/mol. The number of anilines is 1. The molecule has 0 fully saturated rings. The van der Waals surface area contributed by atoms with Crippen molar-refractivity contribution in [1.29, 1.82) is 0 Å². The van der Waals surface area contributed by atoms with Crippen LogP contribution in [0, 0.1) is 0 Å². The molecule has 3 rings (SSSR count). The second-order valence-electron chi connectivity index (χ2n) is 3.82. The minimum atomic E-state index is 0.467. The maximum Gasteiger partial charge on any atom is 0.161 e. The van der Waals surface area contributed by atoms with Crippen LogP contribution in [0.25, 0.3) is 11.0 Å². The number of fused-ring (bicyclic) bond motifs is 1. The average molecular weight is 225 g/mol. The summed E-state index contributed by atoms with van der Waals surface area (Å²) in [6, 6.07) is 10.0. The highest BCUT2D eigenvalue weighted by Gasteiger charge is 2.07. The molecule has 3 aromatic rings. The molecule has 5 nitrogen and oxygen atoms in total. The van der Waals surface area contributed by atoms with Crippen molar-refractivity contribution in [2.75, 3.05) is 5.73 Å². The number of aromatic amines is 1. The van der Waals surface area contributed by atoms with Crippen molar-refractivity contribution in [1.82, 2.24) is 20.2 Å². The predicted octanol–water partition coefficient (Wildman–Crippen LogP) is 1.53. The number of rotatable bonds is 2. The molecule has 2 aromatic heterocycles. The molecule has 0 atom stereocenters. The Morgan fingerprint density at radius 3 is 2.76 bits per heavy atom. The number of nitrogens with zero attached hydrogens (tertiary/aromatic N) is 3. The molecule has 0 unspecified atom stereocenters. The van der Waals surface area contributed by atoms with E-state index in [1.807, 2.05) is 30.3 Å². The van der Waals surface area contributed by atoms with E-state index in [9.17, 15) is 0 Å². The zero-order valence-corrected chi connectivity index (χ0v) is 9.09. The highest BCUT2D eigenvalue weighted by molar-refractivity contribution is 5.84. The van der Waals surface area contributed by atoms with Gasteiger partial charge in [-0.1, -0.05) is 30.3 Å². The molecule has 5 heteroatoms. The molecular weight excluding hydrogens is 214 g/mol. The SMILES string of the molecule is Nc1nc(Cc2ccccc2)nc2[nH]ncc12. The minimum absolute atomic E-state index is 0.467. The van der Waals surface area contributed by atoms with Gasteiger partial charge in [-0.05, 0) is 5.56 Å². The molecule has 2 heterocycles. The van der Waals surface area contributed by atoms with Crippen LogP contribution in [0.3, 0.4) is 0 Å². The fourth-order valence-electron chi connectivity index (χ4n) is 1.76. The molecule has 0 amide bonds. The van der Waals surface area contributed by atoms with E-state index in [2.05, 4.69) is 20.2 Å². The van der Waals surface area contributed by atoms with Gasteiger partial charge in [-0.3, -0.25) is 5.10 Å². The number of hydrogen-bond donors (Lipinski definition) is 2. The number of nitrogens with one attached hydrogen (secondary N) is 1. The van der Waals surface area contributed by atoms with Gasteiger partial charge >= 0.3 is 0 Å². The first kappa shape index (κ1) is 9.77. The van der Waals surface area contributed by atoms with Gasteiger partial charge in [0.25, 0.3) is 0 Å². The molecule has 0 spiro atoms. The predicted molar refractivity (Wildman–Crippen MR) is 65.3 cm³/mol. The number of H-pyrrole nitrogens is 1. The van der Waals surface area contributed by atoms with Crippen LogP contribution in [0.4, 0.5) is 5.82 Å². The van der Waals surface area contributed by atoms with Gasteiger partial charge in [0.15, 0.2) is 5.65 Å². The third-order valence-electron chi connectivity index (χ3n) is 2.59. The maximum atomic E-state index is 5.84. The molecule has 84 valence electrons. The zero-order valence-electron chi connectivity index (χ0n) is 9.09. The van der Waals surface area contributed by atoms with Crippen LogP contribution in [-0.4, -0.2) is 20.2 Å². The van der Waals surface area contributed by atoms with E-state index < -0.39 is 0 Å². The van der Waals surface area contributed by atoms with Crippen molar-refractivity contribution in [2.24, 2.45) is 0 Å². The summed E-state index contributed by atoms with van der Waals surface area (Å²) >= 11 is 0. The van der Waals surface area contributed by atoms with Gasteiger partial charge in [-0.25, -0.2) is 9.97 Å². The van der Waals surface area contributed by atoms with E-state index in [0.29, 0.717) is 23.7 Å². The number of benzene rings is 1. The molecule has 1 aromatic carbocycles. The lowest BCUT2D eigenvalue weighted by atomic mass is 10.1. The zero-order chi connectivity index (χ0) is 11.7. The summed E-state index contributed by atoms with van der Waals surface area (Å²) in [5.41, 5.74) is 7.69. The smallest absolute Gasteiger partial charge is 0.161 e. The lowest BCUT2D eigenvalue weighted by Gasteiger charge is -2.02. The normalized spacial score (nSPS) is 10.8. The van der Waals surface area contributed by atoms with Crippen molar-refractivity contribution in [3.8, 4) is 0 Å². The van der Waals surface area contributed by atoms with Gasteiger partial charge in [0.1, 0.15) is 11.6 Å². The van der Waals surface area contributed by atoms with Crippen LogP contribution in [0.5, 0.6) is 0 Å². The lowest BCUT2D eigenvalue weighted by molar-refractivity contribution is 0.983. The van der Waals surface area contributed by atoms with Crippen LogP contribution in [0.2, 0.25) is 0 Å². The summed E-state index contributed by atoms with van der Waals surface area (Å²) < 4.78 is 0. The summed E-state index contributed by atoms with van der Waals surface area (Å²) in [7, 11) is 0. The Bertz CT molecular complexity index is 644. The molecular formula is C12H11N5. The average Bonchev–Trinajstić information content (AvgIpc) is 2.79. The van der Waals surface area contributed by atoms with E-state index in [1.54, 1.807) is 6.20 Å². The van der Waals surface area contributed by atoms with E-state index in [-0.39, 0.29) is 0 Å². The number of nitrogen functional groups attached to an aromatic ring is 1. The number of nitrogens with two attached hydrogens (primary N) is 1. The van der Waals surface area contributed by atoms with Crippen LogP contribution in [0.1, 0.15) is 11.4 Å². The van der Waals surface area contributed by atoms with Crippen LogP contribution in [-0.2, 0) is 6.42 Å². The van der Waals surface area contributed by atoms with Crippen LogP contribution < -0.4 is 5.73 Å². The Balaban J connectivity index is 2.01. The lowest BCUT2D eigenvalue weighted by Crippen LogP contribution is -2.01. The summed E-state index contributed by atoms with van der Waals surface area (Å²) in [5, 5.41) is 7.47. The summed E-state index contributed by atoms with van der Waals surface area (Å²) in [6.07, 6.45) is 2.30. The first-order valence-electron chi connectivity index (χ1n) is 5.32. The van der Waals surface area contributed by atoms with Crippen molar-refractivity contribution >= 4 is 16.9 Å². The molecule has 0 radical (unpaired) electrons. The van der Waals surface area contributed by atoms with Crippen molar-refractivity contribution < 1.29 is 0 Å². The molecule has 0 aliphatic carbocycles. The fourth-order valence-corrected chi connectivity index (χ4v) is 1.76. The Hall–Kier alpha value is -2.43. The molecule has 0 saturated heterocycles. The van der Waals surface area contributed by atoms with Crippen molar-refractivity contribution in [3.05, 3.63) is 47.9 Å². The van der Waals surface area contributed by atoms with Gasteiger partial charge in [0.05, 0.1) is 11.6 Å². The third-order valence-corrected chi connectivity index (χ3v) is 2.59. The second-order valence-corrected chi connectivity index (χ2v) is 3.82. The first-order chi connectivity index (χ1) is 8.33. The van der Waals surface area contributed by atoms with E-state index >= 15 is 0 Å². The quantitative estimate of drug-likeness (QED) is 0.693. The third kappa shape index (κ3) is 1.82. The molecule has 0 aliphatic heterocycles. The fraction of sp³-hybridized carbons (Fsp3) is 0.0833. The van der Waals surface area contributed by atoms with Gasteiger partial charge in [-0.15, -0.1) is 0 Å². The standard InChI is InChI=1S/C12H11N5/c13-11-9-7-14-17-12(9)16-10(15-11)6-8-4-2-1-3-5-8/h1-5,7H,6H2,(H3,13,14,15,16,17). The molecule has 17 heavy (non-hydrogen) atoms. The van der Waals surface area contributed by atoms with Crippen LogP contribution in [0.15, 0.2) is 36.5 Å². The highest BCUT2D eigenvalue weighted by Crippen LogP contribution is 2.16. The van der Waals surface area contributed by atoms with Gasteiger partial charge in [-0.2, -0.15) is 5.10 Å². The molecule has 0 bridgehead atoms. The molecule has 0 saturated carbocycles. The minimum Gasteiger partial charge on any atom is -0.383 e. The van der Waals surface area contributed by atoms with Crippen molar-refractivity contribution in [3.63, 3.8) is 0 Å². The largest absolute Gasteiger partial charge is 0.383 e. The Labute approximate surface area is 97.7 Å². The number of hydrogen-bond acceptors (Lipinski definition) is 4. The van der Waals surface area contributed by atoms with Crippen LogP contribution >= 0.6 is 0 Å². The van der Waals surface area contributed by atoms with E-state index in [0.717, 1.165) is 10.9 Å². The maximum absolute atomic E-state index is 5.84. The topological polar surface area (TPSA) is 80.5 Å². The Morgan fingerprint density at radius 1 is 1.12 bits per heavy atom. The van der Waals surface area contributed by atoms with Gasteiger partial charge in [0.2, 0.25) is 0 Å². The van der Waals surface area contributed by atoms with E-state index in [4.69, 9.17) is 5.73 Å². The second kappa shape index (κ2) is 3.86. The molecule has 0 aliphatic rings. The summed E-state index contributed by atoms with van der Waals surface area (Å²) in [5.74, 6) is 1.17. The Morgan fingerprint density at radius 2 is 1.94 bits per heavy atom. The molecule has 3 N–H and O–H groups in total. The highest BCUT2D eigenvalue weighted by atomic mass is 15.2. The first-order valence-corrected chi connectivity index (χ1v) is 5.32. The number of aromatic nitrogens is 4. The van der Waals surface area contributed by atoms with Gasteiger partial charge in [0, 0.05) is 6.42 Å². The Kier molecular flexibility index (Phi) is 2.22. The summed E-state index contributed by atoms with van der Waals surface area (Å²) in [6.45, 7) is 0. The van der Waals surface area contributed by atoms with Gasteiger partial charge < -0.3 is 5.73 Å². The van der Waals surface area contributed by atoms with E-state index in [1.165, 1.54) is 0 Å².